The van der Waals surface area contributed by atoms with Crippen LogP contribution in [0.15, 0.2) is 60.7 Å². The Balaban J connectivity index is 1.58. The first-order chi connectivity index (χ1) is 13.0. The minimum Gasteiger partial charge on any atom is -0.426 e. The van der Waals surface area contributed by atoms with Gasteiger partial charge in [0.15, 0.2) is 0 Å². The third-order valence-corrected chi connectivity index (χ3v) is 5.13. The van der Waals surface area contributed by atoms with Crippen molar-refractivity contribution in [2.45, 2.75) is 20.3 Å². The second-order valence-electron chi connectivity index (χ2n) is 7.05. The highest BCUT2D eigenvalue weighted by Crippen LogP contribution is 2.32. The fourth-order valence-electron chi connectivity index (χ4n) is 3.69. The molecule has 0 spiro atoms. The van der Waals surface area contributed by atoms with Gasteiger partial charge in [-0.05, 0) is 36.4 Å². The molecule has 4 rings (SSSR count). The normalized spacial score (nSPS) is 16.7. The van der Waals surface area contributed by atoms with Crippen LogP contribution >= 0.6 is 0 Å². The van der Waals surface area contributed by atoms with E-state index < -0.39 is 5.92 Å². The highest BCUT2D eigenvalue weighted by Gasteiger charge is 2.37. The molecule has 3 aromatic carbocycles. The second-order valence-corrected chi connectivity index (χ2v) is 7.05. The fraction of sp³-hybridized carbons (Fsp3) is 0.217. The number of rotatable bonds is 3. The van der Waals surface area contributed by atoms with Gasteiger partial charge in [0.2, 0.25) is 5.91 Å². The molecule has 4 heteroatoms. The van der Waals surface area contributed by atoms with Crippen molar-refractivity contribution in [3.8, 4) is 5.75 Å². The number of ether oxygens (including phenoxy) is 1. The number of nitrogens with zero attached hydrogens (tertiary/aromatic N) is 1. The first-order valence-electron chi connectivity index (χ1n) is 9.10. The van der Waals surface area contributed by atoms with E-state index in [1.54, 1.807) is 4.90 Å². The molecule has 136 valence electrons. The molecular weight excluding hydrogens is 338 g/mol. The summed E-state index contributed by atoms with van der Waals surface area (Å²) < 4.78 is 5.66. The third kappa shape index (κ3) is 3.19. The van der Waals surface area contributed by atoms with E-state index in [1.807, 2.05) is 74.5 Å². The Kier molecular flexibility index (Phi) is 4.40. The van der Waals surface area contributed by atoms with Gasteiger partial charge in [-0.15, -0.1) is 0 Å². The van der Waals surface area contributed by atoms with Gasteiger partial charge in [-0.2, -0.15) is 0 Å². The van der Waals surface area contributed by atoms with Crippen LogP contribution < -0.4 is 9.64 Å². The summed E-state index contributed by atoms with van der Waals surface area (Å²) in [5.41, 5.74) is 2.68. The van der Waals surface area contributed by atoms with Gasteiger partial charge in [0.1, 0.15) is 5.75 Å². The molecular formula is C23H21NO3. The summed E-state index contributed by atoms with van der Waals surface area (Å²) in [5, 5.41) is 2.08. The van der Waals surface area contributed by atoms with Gasteiger partial charge in [-0.25, -0.2) is 0 Å². The van der Waals surface area contributed by atoms with Crippen molar-refractivity contribution >= 4 is 28.3 Å². The maximum Gasteiger partial charge on any atom is 0.316 e. The number of esters is 1. The second kappa shape index (κ2) is 6.88. The summed E-state index contributed by atoms with van der Waals surface area (Å²) >= 11 is 0. The number of anilines is 1. The number of benzene rings is 3. The molecule has 3 aromatic rings. The highest BCUT2D eigenvalue weighted by atomic mass is 16.5. The number of amides is 1. The van der Waals surface area contributed by atoms with E-state index in [2.05, 4.69) is 0 Å². The molecule has 1 heterocycles. The average Bonchev–Trinajstić information content (AvgIpc) is 3.06. The molecule has 0 radical (unpaired) electrons. The SMILES string of the molecule is Cc1cccc(C)c1OC(=O)[C@@H]1CC(=O)N(c2cccc3ccccc23)C1. The van der Waals surface area contributed by atoms with Crippen LogP contribution in [-0.2, 0) is 9.59 Å². The van der Waals surface area contributed by atoms with Crippen LogP contribution in [0, 0.1) is 19.8 Å². The molecule has 1 saturated heterocycles. The lowest BCUT2D eigenvalue weighted by Crippen LogP contribution is -2.27. The van der Waals surface area contributed by atoms with Crippen LogP contribution in [0.5, 0.6) is 5.75 Å². The van der Waals surface area contributed by atoms with E-state index in [1.165, 1.54) is 0 Å². The first-order valence-corrected chi connectivity index (χ1v) is 9.10. The van der Waals surface area contributed by atoms with Crippen molar-refractivity contribution in [2.75, 3.05) is 11.4 Å². The molecule has 0 unspecified atom stereocenters. The predicted octanol–water partition coefficient (Wildman–Crippen LogP) is 4.42. The van der Waals surface area contributed by atoms with Gasteiger partial charge in [0.25, 0.3) is 0 Å². The van der Waals surface area contributed by atoms with Gasteiger partial charge in [0.05, 0.1) is 11.6 Å². The van der Waals surface area contributed by atoms with E-state index in [4.69, 9.17) is 4.74 Å². The highest BCUT2D eigenvalue weighted by molar-refractivity contribution is 6.06. The lowest BCUT2D eigenvalue weighted by atomic mass is 10.1. The van der Waals surface area contributed by atoms with Crippen molar-refractivity contribution in [1.29, 1.82) is 0 Å². The van der Waals surface area contributed by atoms with Crippen molar-refractivity contribution in [1.82, 2.24) is 0 Å². The molecule has 1 aliphatic rings. The molecule has 1 amide bonds. The molecule has 0 N–H and O–H groups in total. The molecule has 0 saturated carbocycles. The number of aryl methyl sites for hydroxylation is 2. The van der Waals surface area contributed by atoms with Crippen LogP contribution in [0.25, 0.3) is 10.8 Å². The number of para-hydroxylation sites is 1. The zero-order valence-corrected chi connectivity index (χ0v) is 15.4. The maximum absolute atomic E-state index is 12.7. The zero-order chi connectivity index (χ0) is 19.0. The number of hydrogen-bond acceptors (Lipinski definition) is 3. The van der Waals surface area contributed by atoms with Crippen molar-refractivity contribution in [3.63, 3.8) is 0 Å². The molecule has 0 aliphatic carbocycles. The van der Waals surface area contributed by atoms with Crippen LogP contribution in [-0.4, -0.2) is 18.4 Å². The monoisotopic (exact) mass is 359 g/mol. The summed E-state index contributed by atoms with van der Waals surface area (Å²) in [6, 6.07) is 19.6. The number of carbonyl (C=O) groups excluding carboxylic acids is 2. The van der Waals surface area contributed by atoms with E-state index in [0.29, 0.717) is 12.3 Å². The van der Waals surface area contributed by atoms with Crippen molar-refractivity contribution < 1.29 is 14.3 Å². The molecule has 1 fully saturated rings. The van der Waals surface area contributed by atoms with Crippen LogP contribution in [0.2, 0.25) is 0 Å². The Morgan fingerprint density at radius 1 is 0.963 bits per heavy atom. The molecule has 1 atom stereocenters. The molecule has 0 aromatic heterocycles. The third-order valence-electron chi connectivity index (χ3n) is 5.13. The lowest BCUT2D eigenvalue weighted by molar-refractivity contribution is -0.139. The van der Waals surface area contributed by atoms with E-state index >= 15 is 0 Å². The van der Waals surface area contributed by atoms with Gasteiger partial charge >= 0.3 is 5.97 Å². The fourth-order valence-corrected chi connectivity index (χ4v) is 3.69. The predicted molar refractivity (Wildman–Crippen MR) is 106 cm³/mol. The van der Waals surface area contributed by atoms with Crippen LogP contribution in [0.1, 0.15) is 17.5 Å². The number of carbonyl (C=O) groups is 2. The van der Waals surface area contributed by atoms with Gasteiger partial charge in [-0.1, -0.05) is 54.6 Å². The minimum atomic E-state index is -0.463. The zero-order valence-electron chi connectivity index (χ0n) is 15.4. The Labute approximate surface area is 158 Å². The average molecular weight is 359 g/mol. The van der Waals surface area contributed by atoms with Gasteiger partial charge in [0, 0.05) is 18.4 Å². The van der Waals surface area contributed by atoms with Crippen LogP contribution in [0.3, 0.4) is 0 Å². The Bertz CT molecular complexity index is 1020. The quantitative estimate of drug-likeness (QED) is 0.514. The lowest BCUT2D eigenvalue weighted by Gasteiger charge is -2.19. The topological polar surface area (TPSA) is 46.6 Å². The number of hydrogen-bond donors (Lipinski definition) is 0. The molecule has 0 bridgehead atoms. The summed E-state index contributed by atoms with van der Waals surface area (Å²) in [4.78, 5) is 27.0. The van der Waals surface area contributed by atoms with E-state index in [0.717, 1.165) is 27.6 Å². The number of fused-ring (bicyclic) bond motifs is 1. The summed E-state index contributed by atoms with van der Waals surface area (Å²) in [5.74, 6) is -0.257. The summed E-state index contributed by atoms with van der Waals surface area (Å²) in [6.07, 6.45) is 0.174. The largest absolute Gasteiger partial charge is 0.426 e. The Hall–Kier alpha value is -3.14. The van der Waals surface area contributed by atoms with E-state index in [9.17, 15) is 9.59 Å². The smallest absolute Gasteiger partial charge is 0.316 e. The van der Waals surface area contributed by atoms with Crippen LogP contribution in [0.4, 0.5) is 5.69 Å². The van der Waals surface area contributed by atoms with E-state index in [-0.39, 0.29) is 18.3 Å². The van der Waals surface area contributed by atoms with Gasteiger partial charge in [-0.3, -0.25) is 9.59 Å². The summed E-state index contributed by atoms with van der Waals surface area (Å²) in [6.45, 7) is 4.17. The van der Waals surface area contributed by atoms with Crippen molar-refractivity contribution in [3.05, 3.63) is 71.8 Å². The summed E-state index contributed by atoms with van der Waals surface area (Å²) in [7, 11) is 0. The first kappa shape index (κ1) is 17.3. The Morgan fingerprint density at radius 3 is 2.41 bits per heavy atom. The van der Waals surface area contributed by atoms with Crippen molar-refractivity contribution in [2.24, 2.45) is 5.92 Å². The molecule has 4 nitrogen and oxygen atoms in total. The maximum atomic E-state index is 12.7. The standard InChI is InChI=1S/C23H21NO3/c1-15-7-5-8-16(2)22(15)27-23(26)18-13-21(25)24(14-18)20-12-6-10-17-9-3-4-11-19(17)20/h3-12,18H,13-14H2,1-2H3/t18-/m1/s1. The minimum absolute atomic E-state index is 0.0465. The molecule has 1 aliphatic heterocycles. The molecule has 27 heavy (non-hydrogen) atoms. The Morgan fingerprint density at radius 2 is 1.63 bits per heavy atom. The van der Waals surface area contributed by atoms with Gasteiger partial charge < -0.3 is 9.64 Å².